The summed E-state index contributed by atoms with van der Waals surface area (Å²) in [5.74, 6) is 1.93. The van der Waals surface area contributed by atoms with Crippen molar-refractivity contribution in [3.63, 3.8) is 0 Å². The highest BCUT2D eigenvalue weighted by Gasteiger charge is 2.30. The van der Waals surface area contributed by atoms with Crippen LogP contribution in [-0.4, -0.2) is 34.9 Å². The molecule has 1 aliphatic carbocycles. The van der Waals surface area contributed by atoms with Crippen molar-refractivity contribution in [3.8, 4) is 0 Å². The van der Waals surface area contributed by atoms with E-state index in [9.17, 15) is 5.11 Å². The van der Waals surface area contributed by atoms with Crippen LogP contribution >= 0.6 is 0 Å². The van der Waals surface area contributed by atoms with E-state index in [-0.39, 0.29) is 0 Å². The van der Waals surface area contributed by atoms with Crippen molar-refractivity contribution in [1.29, 1.82) is 0 Å². The van der Waals surface area contributed by atoms with Gasteiger partial charge in [0.1, 0.15) is 6.54 Å². The molecule has 1 heterocycles. The second-order valence-electron chi connectivity index (χ2n) is 6.71. The Balaban J connectivity index is 1.92. The summed E-state index contributed by atoms with van der Waals surface area (Å²) >= 11 is 0. The second kappa shape index (κ2) is 9.06. The van der Waals surface area contributed by atoms with E-state index < -0.39 is 5.60 Å². The lowest BCUT2D eigenvalue weighted by Crippen LogP contribution is -2.46. The van der Waals surface area contributed by atoms with E-state index in [1.165, 1.54) is 0 Å². The Kier molecular flexibility index (Phi) is 7.09. The van der Waals surface area contributed by atoms with Crippen LogP contribution in [-0.2, 0) is 6.54 Å². The molecule has 1 aliphatic rings. The van der Waals surface area contributed by atoms with E-state index in [1.54, 1.807) is 0 Å². The summed E-state index contributed by atoms with van der Waals surface area (Å²) in [6, 6.07) is 2.01. The first kappa shape index (κ1) is 18.8. The molecule has 3 N–H and O–H groups in total. The van der Waals surface area contributed by atoms with Crippen LogP contribution in [0.1, 0.15) is 76.7 Å². The lowest BCUT2D eigenvalue weighted by Gasteiger charge is -2.23. The van der Waals surface area contributed by atoms with E-state index in [0.29, 0.717) is 25.0 Å². The highest BCUT2D eigenvalue weighted by molar-refractivity contribution is 5.79. The molecule has 0 spiro atoms. The maximum Gasteiger partial charge on any atom is 0.191 e. The SMILES string of the molecule is CCNC(=NCc1cc(C(CC)CC)no1)NCC1(O)CCCC1. The third-order valence-corrected chi connectivity index (χ3v) is 4.84. The highest BCUT2D eigenvalue weighted by Crippen LogP contribution is 2.28. The molecular weight excluding hydrogens is 304 g/mol. The number of hydrogen-bond acceptors (Lipinski definition) is 4. The van der Waals surface area contributed by atoms with Crippen LogP contribution in [0.25, 0.3) is 0 Å². The van der Waals surface area contributed by atoms with Gasteiger partial charge in [-0.3, -0.25) is 0 Å². The minimum absolute atomic E-state index is 0.445. The molecule has 1 aromatic heterocycles. The summed E-state index contributed by atoms with van der Waals surface area (Å²) in [4.78, 5) is 4.55. The zero-order valence-corrected chi connectivity index (χ0v) is 15.3. The number of nitrogens with one attached hydrogen (secondary N) is 2. The van der Waals surface area contributed by atoms with Crippen LogP contribution in [0.4, 0.5) is 0 Å². The first-order valence-corrected chi connectivity index (χ1v) is 9.30. The van der Waals surface area contributed by atoms with Crippen molar-refractivity contribution in [3.05, 3.63) is 17.5 Å². The topological polar surface area (TPSA) is 82.7 Å². The predicted octanol–water partition coefficient (Wildman–Crippen LogP) is 2.94. The maximum absolute atomic E-state index is 10.4. The number of aliphatic hydroxyl groups is 1. The number of nitrogens with zero attached hydrogens (tertiary/aromatic N) is 2. The van der Waals surface area contributed by atoms with Gasteiger partial charge in [-0.2, -0.15) is 0 Å². The first-order valence-electron chi connectivity index (χ1n) is 9.30. The number of guanidine groups is 1. The van der Waals surface area contributed by atoms with Gasteiger partial charge in [-0.05, 0) is 32.6 Å². The summed E-state index contributed by atoms with van der Waals surface area (Å²) in [5, 5.41) is 21.1. The molecular formula is C18H32N4O2. The zero-order chi connectivity index (χ0) is 17.4. The van der Waals surface area contributed by atoms with E-state index in [4.69, 9.17) is 4.52 Å². The Morgan fingerprint density at radius 2 is 2.00 bits per heavy atom. The summed E-state index contributed by atoms with van der Waals surface area (Å²) < 4.78 is 5.41. The zero-order valence-electron chi connectivity index (χ0n) is 15.3. The third-order valence-electron chi connectivity index (χ3n) is 4.84. The summed E-state index contributed by atoms with van der Waals surface area (Å²) in [6.07, 6.45) is 6.05. The molecule has 136 valence electrons. The fraction of sp³-hybridized carbons (Fsp3) is 0.778. The average molecular weight is 336 g/mol. The molecule has 0 bridgehead atoms. The fourth-order valence-corrected chi connectivity index (χ4v) is 3.26. The van der Waals surface area contributed by atoms with Gasteiger partial charge in [0.2, 0.25) is 0 Å². The number of aromatic nitrogens is 1. The molecule has 1 fully saturated rings. The molecule has 1 aromatic rings. The van der Waals surface area contributed by atoms with Gasteiger partial charge >= 0.3 is 0 Å². The lowest BCUT2D eigenvalue weighted by molar-refractivity contribution is 0.0522. The second-order valence-corrected chi connectivity index (χ2v) is 6.71. The Hall–Kier alpha value is -1.56. The minimum Gasteiger partial charge on any atom is -0.388 e. The van der Waals surface area contributed by atoms with Crippen LogP contribution in [0.15, 0.2) is 15.6 Å². The van der Waals surface area contributed by atoms with Gasteiger partial charge in [-0.25, -0.2) is 4.99 Å². The van der Waals surface area contributed by atoms with E-state index in [2.05, 4.69) is 34.6 Å². The molecule has 0 unspecified atom stereocenters. The molecule has 2 rings (SSSR count). The number of rotatable bonds is 8. The normalized spacial score (nSPS) is 17.5. The molecule has 0 radical (unpaired) electrons. The summed E-state index contributed by atoms with van der Waals surface area (Å²) in [6.45, 7) is 8.12. The third kappa shape index (κ3) is 5.23. The maximum atomic E-state index is 10.4. The Morgan fingerprint density at radius 1 is 1.29 bits per heavy atom. The van der Waals surface area contributed by atoms with Crippen LogP contribution in [0.2, 0.25) is 0 Å². The lowest BCUT2D eigenvalue weighted by atomic mass is 9.99. The summed E-state index contributed by atoms with van der Waals surface area (Å²) in [5.41, 5.74) is 0.425. The van der Waals surface area contributed by atoms with E-state index in [0.717, 1.165) is 56.5 Å². The monoisotopic (exact) mass is 336 g/mol. The van der Waals surface area contributed by atoms with Gasteiger partial charge < -0.3 is 20.3 Å². The quantitative estimate of drug-likeness (QED) is 0.502. The van der Waals surface area contributed by atoms with Gasteiger partial charge in [0.25, 0.3) is 0 Å². The molecule has 0 aromatic carbocycles. The van der Waals surface area contributed by atoms with Gasteiger partial charge in [0.15, 0.2) is 11.7 Å². The molecule has 1 saturated carbocycles. The van der Waals surface area contributed by atoms with Crippen LogP contribution in [0, 0.1) is 0 Å². The van der Waals surface area contributed by atoms with E-state index in [1.807, 2.05) is 13.0 Å². The molecule has 0 aliphatic heterocycles. The molecule has 24 heavy (non-hydrogen) atoms. The molecule has 6 nitrogen and oxygen atoms in total. The fourth-order valence-electron chi connectivity index (χ4n) is 3.26. The van der Waals surface area contributed by atoms with Gasteiger partial charge in [-0.15, -0.1) is 0 Å². The Bertz CT molecular complexity index is 517. The molecule has 0 amide bonds. The standard InChI is InChI=1S/C18H32N4O2/c1-4-14(5-2)16-11-15(24-22-16)12-20-17(19-6-3)21-13-18(23)9-7-8-10-18/h11,14,23H,4-10,12-13H2,1-3H3,(H2,19,20,21). The Morgan fingerprint density at radius 3 is 2.62 bits per heavy atom. The molecule has 0 saturated heterocycles. The van der Waals surface area contributed by atoms with Gasteiger partial charge in [0, 0.05) is 25.1 Å². The van der Waals surface area contributed by atoms with Crippen molar-refractivity contribution in [2.75, 3.05) is 13.1 Å². The van der Waals surface area contributed by atoms with Crippen LogP contribution in [0.3, 0.4) is 0 Å². The average Bonchev–Trinajstić information content (AvgIpc) is 3.21. The van der Waals surface area contributed by atoms with Crippen molar-refractivity contribution in [2.45, 2.75) is 77.4 Å². The predicted molar refractivity (Wildman–Crippen MR) is 96.1 cm³/mol. The van der Waals surface area contributed by atoms with E-state index >= 15 is 0 Å². The summed E-state index contributed by atoms with van der Waals surface area (Å²) in [7, 11) is 0. The van der Waals surface area contributed by atoms with Gasteiger partial charge in [-0.1, -0.05) is 31.8 Å². The highest BCUT2D eigenvalue weighted by atomic mass is 16.5. The van der Waals surface area contributed by atoms with Gasteiger partial charge in [0.05, 0.1) is 11.3 Å². The molecule has 6 heteroatoms. The van der Waals surface area contributed by atoms with Crippen molar-refractivity contribution in [1.82, 2.24) is 15.8 Å². The number of aliphatic imine (C=N–C) groups is 1. The van der Waals surface area contributed by atoms with Crippen LogP contribution < -0.4 is 10.6 Å². The first-order chi connectivity index (χ1) is 11.6. The largest absolute Gasteiger partial charge is 0.388 e. The minimum atomic E-state index is -0.592. The smallest absolute Gasteiger partial charge is 0.191 e. The Labute approximate surface area is 145 Å². The van der Waals surface area contributed by atoms with Crippen molar-refractivity contribution in [2.24, 2.45) is 4.99 Å². The van der Waals surface area contributed by atoms with Crippen molar-refractivity contribution < 1.29 is 9.63 Å². The molecule has 0 atom stereocenters. The van der Waals surface area contributed by atoms with Crippen molar-refractivity contribution >= 4 is 5.96 Å². The number of hydrogen-bond donors (Lipinski definition) is 3. The van der Waals surface area contributed by atoms with Crippen LogP contribution in [0.5, 0.6) is 0 Å².